The monoisotopic (exact) mass is 293 g/mol. The third kappa shape index (κ3) is 3.39. The summed E-state index contributed by atoms with van der Waals surface area (Å²) < 4.78 is 10.7. The molecule has 0 radical (unpaired) electrons. The predicted octanol–water partition coefficient (Wildman–Crippen LogP) is 3.02. The van der Waals surface area contributed by atoms with E-state index >= 15 is 0 Å². The highest BCUT2D eigenvalue weighted by atomic mass is 35.5. The summed E-state index contributed by atoms with van der Waals surface area (Å²) in [4.78, 5) is 14.9. The third-order valence-corrected chi connectivity index (χ3v) is 2.81. The van der Waals surface area contributed by atoms with Crippen molar-refractivity contribution in [3.63, 3.8) is 0 Å². The average Bonchev–Trinajstić information content (AvgIpc) is 2.44. The molecule has 1 aromatic carbocycles. The summed E-state index contributed by atoms with van der Waals surface area (Å²) in [5.41, 5.74) is 0.806. The fraction of sp³-hybridized carbons (Fsp3) is 0.143. The molecule has 0 aliphatic rings. The first-order chi connectivity index (χ1) is 9.60. The van der Waals surface area contributed by atoms with Crippen molar-refractivity contribution >= 4 is 17.6 Å². The Morgan fingerprint density at radius 2 is 2.15 bits per heavy atom. The second-order valence-electron chi connectivity index (χ2n) is 3.96. The van der Waals surface area contributed by atoms with Crippen molar-refractivity contribution in [2.24, 2.45) is 0 Å². The molecule has 1 N–H and O–H groups in total. The Labute approximate surface area is 120 Å². The second kappa shape index (κ2) is 6.25. The minimum atomic E-state index is -1.00. The van der Waals surface area contributed by atoms with E-state index in [1.165, 1.54) is 31.6 Å². The van der Waals surface area contributed by atoms with E-state index in [-0.39, 0.29) is 12.2 Å². The molecule has 0 amide bonds. The number of ether oxygens (including phenoxy) is 2. The van der Waals surface area contributed by atoms with Gasteiger partial charge >= 0.3 is 5.97 Å². The van der Waals surface area contributed by atoms with Gasteiger partial charge in [-0.25, -0.2) is 4.79 Å². The van der Waals surface area contributed by atoms with Crippen molar-refractivity contribution in [3.05, 3.63) is 52.8 Å². The Hall–Kier alpha value is -2.27. The number of halogens is 1. The lowest BCUT2D eigenvalue weighted by Crippen LogP contribution is -2.03. The van der Waals surface area contributed by atoms with Gasteiger partial charge in [0.25, 0.3) is 0 Å². The van der Waals surface area contributed by atoms with Crippen LogP contribution in [-0.2, 0) is 6.61 Å². The smallest absolute Gasteiger partial charge is 0.335 e. The minimum Gasteiger partial charge on any atom is -0.496 e. The summed E-state index contributed by atoms with van der Waals surface area (Å²) in [7, 11) is 1.51. The number of hydrogen-bond acceptors (Lipinski definition) is 4. The van der Waals surface area contributed by atoms with Crippen LogP contribution in [0.1, 0.15) is 15.9 Å². The van der Waals surface area contributed by atoms with E-state index in [1.807, 2.05) is 0 Å². The molecule has 2 aromatic rings. The minimum absolute atomic E-state index is 0.159. The zero-order valence-electron chi connectivity index (χ0n) is 10.7. The molecule has 0 bridgehead atoms. The number of methoxy groups -OCH3 is 1. The maximum absolute atomic E-state index is 11.0. The van der Waals surface area contributed by atoms with E-state index in [0.29, 0.717) is 22.1 Å². The third-order valence-electron chi connectivity index (χ3n) is 2.60. The van der Waals surface area contributed by atoms with Crippen LogP contribution in [0.25, 0.3) is 0 Å². The topological polar surface area (TPSA) is 68.7 Å². The first-order valence-corrected chi connectivity index (χ1v) is 6.11. The summed E-state index contributed by atoms with van der Waals surface area (Å²) in [5.74, 6) is 0.0589. The second-order valence-corrected chi connectivity index (χ2v) is 4.40. The van der Waals surface area contributed by atoms with Gasteiger partial charge in [0.1, 0.15) is 18.1 Å². The van der Waals surface area contributed by atoms with E-state index in [2.05, 4.69) is 4.98 Å². The molecule has 0 atom stereocenters. The first kappa shape index (κ1) is 14.1. The quantitative estimate of drug-likeness (QED) is 0.917. The van der Waals surface area contributed by atoms with E-state index < -0.39 is 5.97 Å². The van der Waals surface area contributed by atoms with Gasteiger partial charge in [-0.3, -0.25) is 4.98 Å². The van der Waals surface area contributed by atoms with Gasteiger partial charge in [0, 0.05) is 17.8 Å². The van der Waals surface area contributed by atoms with E-state index in [0.717, 1.165) is 0 Å². The molecule has 5 nitrogen and oxygen atoms in total. The molecule has 0 spiro atoms. The van der Waals surface area contributed by atoms with Gasteiger partial charge in [0.2, 0.25) is 0 Å². The number of nitrogens with zero attached hydrogens (tertiary/aromatic N) is 1. The van der Waals surface area contributed by atoms with Crippen molar-refractivity contribution < 1.29 is 19.4 Å². The van der Waals surface area contributed by atoms with Crippen LogP contribution in [0.3, 0.4) is 0 Å². The maximum atomic E-state index is 11.0. The summed E-state index contributed by atoms with van der Waals surface area (Å²) in [6, 6.07) is 6.21. The Balaban J connectivity index is 2.19. The summed E-state index contributed by atoms with van der Waals surface area (Å²) >= 11 is 5.81. The molecule has 20 heavy (non-hydrogen) atoms. The number of carboxylic acid groups (broad SMARTS) is 1. The molecule has 0 fully saturated rings. The molecule has 2 rings (SSSR count). The number of aromatic carboxylic acids is 1. The van der Waals surface area contributed by atoms with Crippen molar-refractivity contribution in [1.29, 1.82) is 0 Å². The SMILES string of the molecule is COc1ccc(C(=O)O)cc1COc1cncc(Cl)c1. The molecular weight excluding hydrogens is 282 g/mol. The lowest BCUT2D eigenvalue weighted by Gasteiger charge is -2.11. The predicted molar refractivity (Wildman–Crippen MR) is 73.5 cm³/mol. The Morgan fingerprint density at radius 1 is 1.35 bits per heavy atom. The number of rotatable bonds is 5. The Kier molecular flexibility index (Phi) is 4.42. The lowest BCUT2D eigenvalue weighted by molar-refractivity contribution is 0.0696. The molecule has 0 aliphatic carbocycles. The first-order valence-electron chi connectivity index (χ1n) is 5.73. The largest absolute Gasteiger partial charge is 0.496 e. The van der Waals surface area contributed by atoms with Crippen LogP contribution >= 0.6 is 11.6 Å². The van der Waals surface area contributed by atoms with Crippen LogP contribution in [0.15, 0.2) is 36.7 Å². The fourth-order valence-corrected chi connectivity index (χ4v) is 1.82. The summed E-state index contributed by atoms with van der Waals surface area (Å²) in [6.45, 7) is 0.159. The van der Waals surface area contributed by atoms with Crippen molar-refractivity contribution in [2.75, 3.05) is 7.11 Å². The highest BCUT2D eigenvalue weighted by Gasteiger charge is 2.10. The van der Waals surface area contributed by atoms with Gasteiger partial charge in [-0.15, -0.1) is 0 Å². The van der Waals surface area contributed by atoms with Crippen LogP contribution in [0.4, 0.5) is 0 Å². The fourth-order valence-electron chi connectivity index (χ4n) is 1.66. The van der Waals surface area contributed by atoms with Crippen LogP contribution in [0.2, 0.25) is 5.02 Å². The van der Waals surface area contributed by atoms with Crippen molar-refractivity contribution in [3.8, 4) is 11.5 Å². The Bertz CT molecular complexity index is 630. The standard InChI is InChI=1S/C14H12ClNO4/c1-19-13-3-2-9(14(17)18)4-10(13)8-20-12-5-11(15)6-16-7-12/h2-7H,8H2,1H3,(H,17,18). The van der Waals surface area contributed by atoms with E-state index in [1.54, 1.807) is 12.1 Å². The van der Waals surface area contributed by atoms with Crippen LogP contribution in [-0.4, -0.2) is 23.2 Å². The normalized spacial score (nSPS) is 10.1. The average molecular weight is 294 g/mol. The van der Waals surface area contributed by atoms with E-state index in [9.17, 15) is 4.79 Å². The van der Waals surface area contributed by atoms with Crippen molar-refractivity contribution in [2.45, 2.75) is 6.61 Å². The number of carbonyl (C=O) groups is 1. The molecule has 6 heteroatoms. The van der Waals surface area contributed by atoms with Crippen LogP contribution < -0.4 is 9.47 Å². The molecule has 0 saturated carbocycles. The molecule has 1 aromatic heterocycles. The van der Waals surface area contributed by atoms with Gasteiger partial charge in [-0.1, -0.05) is 11.6 Å². The van der Waals surface area contributed by atoms with Gasteiger partial charge < -0.3 is 14.6 Å². The number of pyridine rings is 1. The number of hydrogen-bond donors (Lipinski definition) is 1. The molecule has 104 valence electrons. The molecule has 1 heterocycles. The van der Waals surface area contributed by atoms with Crippen LogP contribution in [0, 0.1) is 0 Å². The highest BCUT2D eigenvalue weighted by molar-refractivity contribution is 6.30. The van der Waals surface area contributed by atoms with Gasteiger partial charge in [-0.05, 0) is 18.2 Å². The molecule has 0 saturated heterocycles. The zero-order valence-corrected chi connectivity index (χ0v) is 11.4. The van der Waals surface area contributed by atoms with Crippen molar-refractivity contribution in [1.82, 2.24) is 4.98 Å². The summed E-state index contributed by atoms with van der Waals surface area (Å²) in [6.07, 6.45) is 3.03. The zero-order chi connectivity index (χ0) is 14.5. The lowest BCUT2D eigenvalue weighted by atomic mass is 10.1. The number of carboxylic acids is 1. The molecule has 0 aliphatic heterocycles. The van der Waals surface area contributed by atoms with Gasteiger partial charge in [0.05, 0.1) is 23.9 Å². The number of aromatic nitrogens is 1. The maximum Gasteiger partial charge on any atom is 0.335 e. The van der Waals surface area contributed by atoms with E-state index in [4.69, 9.17) is 26.2 Å². The van der Waals surface area contributed by atoms with Gasteiger partial charge in [-0.2, -0.15) is 0 Å². The summed E-state index contributed by atoms with van der Waals surface area (Å²) in [5, 5.41) is 9.45. The Morgan fingerprint density at radius 3 is 2.80 bits per heavy atom. The highest BCUT2D eigenvalue weighted by Crippen LogP contribution is 2.23. The molecule has 0 unspecified atom stereocenters. The molecular formula is C14H12ClNO4. The van der Waals surface area contributed by atoms with Gasteiger partial charge in [0.15, 0.2) is 0 Å². The number of benzene rings is 1. The van der Waals surface area contributed by atoms with Crippen LogP contribution in [0.5, 0.6) is 11.5 Å².